The third-order valence-corrected chi connectivity index (χ3v) is 5.22. The first-order valence-corrected chi connectivity index (χ1v) is 10.4. The van der Waals surface area contributed by atoms with E-state index in [9.17, 15) is 4.79 Å². The highest BCUT2D eigenvalue weighted by atomic mass is 35.5. The van der Waals surface area contributed by atoms with Gasteiger partial charge in [-0.15, -0.1) is 0 Å². The molecule has 0 bridgehead atoms. The van der Waals surface area contributed by atoms with Crippen molar-refractivity contribution in [1.29, 1.82) is 0 Å². The minimum absolute atomic E-state index is 0.268. The molecular formula is C24H22ClN5O2. The molecule has 1 N–H and O–H groups in total. The van der Waals surface area contributed by atoms with Gasteiger partial charge in [0.15, 0.2) is 5.82 Å². The Morgan fingerprint density at radius 2 is 1.91 bits per heavy atom. The summed E-state index contributed by atoms with van der Waals surface area (Å²) in [6, 6.07) is 11.1. The van der Waals surface area contributed by atoms with Gasteiger partial charge in [0.2, 0.25) is 0 Å². The maximum Gasteiger partial charge on any atom is 0.255 e. The largest absolute Gasteiger partial charge is 0.495 e. The summed E-state index contributed by atoms with van der Waals surface area (Å²) in [5.74, 6) is 0.768. The van der Waals surface area contributed by atoms with Crippen molar-refractivity contribution in [3.63, 3.8) is 0 Å². The highest BCUT2D eigenvalue weighted by molar-refractivity contribution is 6.32. The number of carbonyl (C=O) groups is 1. The SMILES string of the molecule is COc1ccc(CNC(=O)c2cc(-c3cncc(C)c3)cnc2-n2ccc(C)n2)cc1Cl. The Morgan fingerprint density at radius 1 is 1.09 bits per heavy atom. The summed E-state index contributed by atoms with van der Waals surface area (Å²) in [5.41, 5.74) is 4.80. The molecule has 0 aliphatic rings. The quantitative estimate of drug-likeness (QED) is 0.469. The zero-order valence-electron chi connectivity index (χ0n) is 18.0. The number of nitrogens with one attached hydrogen (secondary N) is 1. The Bertz CT molecular complexity index is 1290. The standard InChI is InChI=1S/C24H22ClN5O2/c1-15-8-18(13-26-11-15)19-10-20(23(27-14-19)30-7-6-16(2)29-30)24(31)28-12-17-4-5-22(32-3)21(25)9-17/h4-11,13-14H,12H2,1-3H3,(H,28,31). The van der Waals surface area contributed by atoms with Gasteiger partial charge in [-0.1, -0.05) is 17.7 Å². The summed E-state index contributed by atoms with van der Waals surface area (Å²) in [6.07, 6.45) is 7.04. The first-order chi connectivity index (χ1) is 15.4. The highest BCUT2D eigenvalue weighted by Crippen LogP contribution is 2.26. The molecule has 0 aliphatic carbocycles. The number of carbonyl (C=O) groups excluding carboxylic acids is 1. The van der Waals surface area contributed by atoms with Crippen LogP contribution in [0.4, 0.5) is 0 Å². The third kappa shape index (κ3) is 4.63. The van der Waals surface area contributed by atoms with Crippen molar-refractivity contribution >= 4 is 17.5 Å². The lowest BCUT2D eigenvalue weighted by Gasteiger charge is -2.12. The second-order valence-electron chi connectivity index (χ2n) is 7.40. The van der Waals surface area contributed by atoms with Gasteiger partial charge in [-0.05, 0) is 55.3 Å². The van der Waals surface area contributed by atoms with Gasteiger partial charge in [0.05, 0.1) is 23.4 Å². The fourth-order valence-electron chi connectivity index (χ4n) is 3.31. The third-order valence-electron chi connectivity index (χ3n) is 4.93. The maximum atomic E-state index is 13.2. The normalized spacial score (nSPS) is 10.8. The van der Waals surface area contributed by atoms with Crippen molar-refractivity contribution in [3.8, 4) is 22.7 Å². The van der Waals surface area contributed by atoms with E-state index in [2.05, 4.69) is 20.4 Å². The lowest BCUT2D eigenvalue weighted by atomic mass is 10.1. The van der Waals surface area contributed by atoms with Crippen LogP contribution in [-0.4, -0.2) is 32.8 Å². The number of ether oxygens (including phenoxy) is 1. The predicted octanol–water partition coefficient (Wildman–Crippen LogP) is 4.54. The molecule has 0 aliphatic heterocycles. The summed E-state index contributed by atoms with van der Waals surface area (Å²) in [6.45, 7) is 4.16. The monoisotopic (exact) mass is 447 g/mol. The van der Waals surface area contributed by atoms with Crippen molar-refractivity contribution in [2.24, 2.45) is 0 Å². The fourth-order valence-corrected chi connectivity index (χ4v) is 3.59. The molecular weight excluding hydrogens is 426 g/mol. The molecule has 0 unspecified atom stereocenters. The topological polar surface area (TPSA) is 81.9 Å². The number of nitrogens with zero attached hydrogens (tertiary/aromatic N) is 4. The van der Waals surface area contributed by atoms with Gasteiger partial charge in [0.1, 0.15) is 5.75 Å². The van der Waals surface area contributed by atoms with E-state index in [0.717, 1.165) is 27.9 Å². The minimum Gasteiger partial charge on any atom is -0.495 e. The first-order valence-electron chi connectivity index (χ1n) is 10.00. The van der Waals surface area contributed by atoms with Crippen molar-refractivity contribution in [2.45, 2.75) is 20.4 Å². The number of benzene rings is 1. The molecule has 1 amide bonds. The smallest absolute Gasteiger partial charge is 0.255 e. The van der Waals surface area contributed by atoms with E-state index in [0.29, 0.717) is 28.7 Å². The van der Waals surface area contributed by atoms with Crippen LogP contribution >= 0.6 is 11.6 Å². The summed E-state index contributed by atoms with van der Waals surface area (Å²) >= 11 is 6.21. The highest BCUT2D eigenvalue weighted by Gasteiger charge is 2.17. The Kier molecular flexibility index (Phi) is 6.18. The summed E-state index contributed by atoms with van der Waals surface area (Å²) in [4.78, 5) is 22.0. The molecule has 7 nitrogen and oxygen atoms in total. The molecule has 1 aromatic carbocycles. The molecule has 0 spiro atoms. The van der Waals surface area contributed by atoms with Crippen molar-refractivity contribution in [1.82, 2.24) is 25.1 Å². The Balaban J connectivity index is 1.67. The van der Waals surface area contributed by atoms with E-state index in [-0.39, 0.29) is 5.91 Å². The molecule has 3 aromatic heterocycles. The molecule has 3 heterocycles. The number of rotatable bonds is 6. The van der Waals surface area contributed by atoms with Crippen LogP contribution in [0.3, 0.4) is 0 Å². The van der Waals surface area contributed by atoms with Gasteiger partial charge in [-0.3, -0.25) is 9.78 Å². The Labute approximate surface area is 191 Å². The summed E-state index contributed by atoms with van der Waals surface area (Å²) in [5, 5.41) is 7.86. The average molecular weight is 448 g/mol. The molecule has 0 radical (unpaired) electrons. The van der Waals surface area contributed by atoms with E-state index >= 15 is 0 Å². The van der Waals surface area contributed by atoms with Gasteiger partial charge in [0, 0.05) is 42.5 Å². The number of hydrogen-bond acceptors (Lipinski definition) is 5. The van der Waals surface area contributed by atoms with Crippen LogP contribution in [0.25, 0.3) is 16.9 Å². The zero-order valence-corrected chi connectivity index (χ0v) is 18.7. The second kappa shape index (κ2) is 9.20. The molecule has 4 rings (SSSR count). The number of pyridine rings is 2. The Hall–Kier alpha value is -3.71. The molecule has 0 saturated carbocycles. The molecule has 8 heteroatoms. The molecule has 0 atom stereocenters. The lowest BCUT2D eigenvalue weighted by molar-refractivity contribution is 0.0950. The van der Waals surface area contributed by atoms with E-state index in [1.54, 1.807) is 48.7 Å². The van der Waals surface area contributed by atoms with Gasteiger partial charge in [0.25, 0.3) is 5.91 Å². The van der Waals surface area contributed by atoms with Gasteiger partial charge >= 0.3 is 0 Å². The van der Waals surface area contributed by atoms with Gasteiger partial charge in [-0.2, -0.15) is 5.10 Å². The van der Waals surface area contributed by atoms with E-state index < -0.39 is 0 Å². The van der Waals surface area contributed by atoms with Crippen molar-refractivity contribution < 1.29 is 9.53 Å². The van der Waals surface area contributed by atoms with Gasteiger partial charge < -0.3 is 10.1 Å². The lowest BCUT2D eigenvalue weighted by Crippen LogP contribution is -2.25. The first kappa shape index (κ1) is 21.5. The Morgan fingerprint density at radius 3 is 2.59 bits per heavy atom. The van der Waals surface area contributed by atoms with Crippen LogP contribution in [0.1, 0.15) is 27.2 Å². The summed E-state index contributed by atoms with van der Waals surface area (Å²) < 4.78 is 6.79. The zero-order chi connectivity index (χ0) is 22.7. The van der Waals surface area contributed by atoms with Crippen molar-refractivity contribution in [2.75, 3.05) is 7.11 Å². The number of amides is 1. The van der Waals surface area contributed by atoms with E-state index in [4.69, 9.17) is 16.3 Å². The molecule has 0 fully saturated rings. The van der Waals surface area contributed by atoms with Crippen LogP contribution in [0, 0.1) is 13.8 Å². The predicted molar refractivity (Wildman–Crippen MR) is 123 cm³/mol. The molecule has 32 heavy (non-hydrogen) atoms. The number of halogens is 1. The molecule has 4 aromatic rings. The van der Waals surface area contributed by atoms with Gasteiger partial charge in [-0.25, -0.2) is 9.67 Å². The van der Waals surface area contributed by atoms with E-state index in [1.807, 2.05) is 38.1 Å². The number of methoxy groups -OCH3 is 1. The molecule has 0 saturated heterocycles. The maximum absolute atomic E-state index is 13.2. The van der Waals surface area contributed by atoms with Crippen LogP contribution < -0.4 is 10.1 Å². The average Bonchev–Trinajstić information content (AvgIpc) is 3.23. The van der Waals surface area contributed by atoms with Crippen molar-refractivity contribution in [3.05, 3.63) is 88.6 Å². The fraction of sp³-hybridized carbons (Fsp3) is 0.167. The van der Waals surface area contributed by atoms with Crippen LogP contribution in [0.2, 0.25) is 5.02 Å². The number of aryl methyl sites for hydroxylation is 2. The van der Waals surface area contributed by atoms with Crippen LogP contribution in [0.15, 0.2) is 61.2 Å². The van der Waals surface area contributed by atoms with Crippen LogP contribution in [0.5, 0.6) is 5.75 Å². The number of aromatic nitrogens is 4. The summed E-state index contributed by atoms with van der Waals surface area (Å²) in [7, 11) is 1.56. The minimum atomic E-state index is -0.268. The van der Waals surface area contributed by atoms with Crippen LogP contribution in [-0.2, 0) is 6.54 Å². The number of hydrogen-bond donors (Lipinski definition) is 1. The second-order valence-corrected chi connectivity index (χ2v) is 7.81. The molecule has 162 valence electrons. The van der Waals surface area contributed by atoms with E-state index in [1.165, 1.54) is 0 Å².